The fourth-order valence-corrected chi connectivity index (χ4v) is 5.48. The van der Waals surface area contributed by atoms with Crippen molar-refractivity contribution in [2.24, 2.45) is 4.99 Å². The first-order valence-corrected chi connectivity index (χ1v) is 12.3. The maximum absolute atomic E-state index is 13.2. The van der Waals surface area contributed by atoms with Crippen LogP contribution in [0.5, 0.6) is 0 Å². The summed E-state index contributed by atoms with van der Waals surface area (Å²) in [6.07, 6.45) is 5.68. The van der Waals surface area contributed by atoms with Gasteiger partial charge in [0.15, 0.2) is 0 Å². The zero-order valence-corrected chi connectivity index (χ0v) is 19.8. The fourth-order valence-electron chi connectivity index (χ4n) is 4.25. The van der Waals surface area contributed by atoms with Crippen LogP contribution in [0.15, 0.2) is 76.1 Å². The minimum atomic E-state index is -0.986. The highest BCUT2D eigenvalue weighted by molar-refractivity contribution is 7.16. The van der Waals surface area contributed by atoms with Crippen LogP contribution in [0.25, 0.3) is 11.3 Å². The smallest absolute Gasteiger partial charge is 0.335 e. The van der Waals surface area contributed by atoms with Crippen LogP contribution in [0.2, 0.25) is 0 Å². The number of carboxylic acids is 1. The maximum Gasteiger partial charge on any atom is 0.335 e. The van der Waals surface area contributed by atoms with Crippen LogP contribution < -0.4 is 5.32 Å². The molecule has 4 aromatic rings. The number of benzene rings is 2. The molecule has 5 rings (SSSR count). The van der Waals surface area contributed by atoms with E-state index in [2.05, 4.69) is 10.3 Å². The Labute approximate surface area is 207 Å². The Morgan fingerprint density at radius 2 is 1.86 bits per heavy atom. The quantitative estimate of drug-likeness (QED) is 0.303. The van der Waals surface area contributed by atoms with Gasteiger partial charge in [0.2, 0.25) is 0 Å². The highest BCUT2D eigenvalue weighted by atomic mass is 32.1. The maximum atomic E-state index is 13.2. The molecule has 1 aliphatic carbocycles. The van der Waals surface area contributed by atoms with Crippen molar-refractivity contribution in [1.82, 2.24) is 5.32 Å². The van der Waals surface area contributed by atoms with Crippen LogP contribution in [0, 0.1) is 0 Å². The van der Waals surface area contributed by atoms with Gasteiger partial charge < -0.3 is 14.8 Å². The zero-order valence-electron chi connectivity index (χ0n) is 19.0. The molecular formula is C28H24N2O4S. The summed E-state index contributed by atoms with van der Waals surface area (Å²) in [6.45, 7) is 0.463. The molecule has 0 saturated carbocycles. The second kappa shape index (κ2) is 10.1. The Morgan fingerprint density at radius 1 is 1.03 bits per heavy atom. The number of nitrogens with one attached hydrogen (secondary N) is 1. The number of hydrogen-bond acceptors (Lipinski definition) is 5. The lowest BCUT2D eigenvalue weighted by atomic mass is 9.95. The molecule has 1 aliphatic rings. The van der Waals surface area contributed by atoms with Crippen molar-refractivity contribution < 1.29 is 19.1 Å². The Hall–Kier alpha value is -3.97. The van der Waals surface area contributed by atoms with Gasteiger partial charge in [-0.2, -0.15) is 0 Å². The molecule has 0 saturated heterocycles. The normalized spacial score (nSPS) is 13.0. The van der Waals surface area contributed by atoms with E-state index in [1.165, 1.54) is 4.88 Å². The summed E-state index contributed by atoms with van der Waals surface area (Å²) in [5.74, 6) is -0.00505. The predicted molar refractivity (Wildman–Crippen MR) is 137 cm³/mol. The number of carboxylic acid groups (broad SMARTS) is 1. The van der Waals surface area contributed by atoms with Gasteiger partial charge in [0.1, 0.15) is 16.5 Å². The van der Waals surface area contributed by atoms with Gasteiger partial charge in [-0.15, -0.1) is 11.3 Å². The third kappa shape index (κ3) is 5.10. The van der Waals surface area contributed by atoms with Crippen molar-refractivity contribution in [2.75, 3.05) is 0 Å². The Balaban J connectivity index is 1.39. The monoisotopic (exact) mass is 484 g/mol. The molecule has 0 fully saturated rings. The summed E-state index contributed by atoms with van der Waals surface area (Å²) in [4.78, 5) is 30.4. The number of hydrogen-bond donors (Lipinski definition) is 2. The van der Waals surface area contributed by atoms with E-state index in [1.807, 2.05) is 30.3 Å². The van der Waals surface area contributed by atoms with Gasteiger partial charge in [-0.25, -0.2) is 9.79 Å². The lowest BCUT2D eigenvalue weighted by Crippen LogP contribution is -2.24. The molecular weight excluding hydrogens is 460 g/mol. The van der Waals surface area contributed by atoms with Crippen molar-refractivity contribution in [2.45, 2.75) is 32.2 Å². The number of amides is 1. The molecule has 0 aliphatic heterocycles. The molecule has 6 nitrogen and oxygen atoms in total. The van der Waals surface area contributed by atoms with Crippen LogP contribution in [0.3, 0.4) is 0 Å². The molecule has 2 N–H and O–H groups in total. The van der Waals surface area contributed by atoms with Gasteiger partial charge in [0.05, 0.1) is 17.3 Å². The Bertz CT molecular complexity index is 1400. The number of carbonyl (C=O) groups is 2. The predicted octanol–water partition coefficient (Wildman–Crippen LogP) is 6.27. The third-order valence-electron chi connectivity index (χ3n) is 6.01. The number of aryl methyl sites for hydroxylation is 1. The van der Waals surface area contributed by atoms with Gasteiger partial charge in [0, 0.05) is 17.0 Å². The van der Waals surface area contributed by atoms with Gasteiger partial charge in [-0.1, -0.05) is 42.5 Å². The first-order valence-electron chi connectivity index (χ1n) is 11.5. The van der Waals surface area contributed by atoms with Crippen LogP contribution in [-0.4, -0.2) is 23.2 Å². The number of nitrogens with zero attached hydrogens (tertiary/aromatic N) is 1. The van der Waals surface area contributed by atoms with E-state index < -0.39 is 5.97 Å². The van der Waals surface area contributed by atoms with Crippen molar-refractivity contribution in [3.8, 4) is 11.3 Å². The molecule has 0 bridgehead atoms. The number of furan rings is 1. The van der Waals surface area contributed by atoms with E-state index in [1.54, 1.807) is 53.9 Å². The SMILES string of the molecule is O=C(O)c1cccc(-c2ccc(C=Nc3sc4c(c3C(=O)NCc3ccccc3)CCCC4)o2)c1. The molecule has 0 unspecified atom stereocenters. The van der Waals surface area contributed by atoms with Crippen LogP contribution in [0.4, 0.5) is 5.00 Å². The largest absolute Gasteiger partial charge is 0.478 e. The van der Waals surface area contributed by atoms with E-state index in [9.17, 15) is 14.7 Å². The first kappa shape index (κ1) is 22.8. The van der Waals surface area contributed by atoms with Gasteiger partial charge >= 0.3 is 5.97 Å². The van der Waals surface area contributed by atoms with Gasteiger partial charge in [0.25, 0.3) is 5.91 Å². The minimum absolute atomic E-state index is 0.106. The summed E-state index contributed by atoms with van der Waals surface area (Å²) < 4.78 is 5.90. The molecule has 35 heavy (non-hydrogen) atoms. The standard InChI is InChI=1S/C28H24N2O4S/c31-26(29-16-18-7-2-1-3-8-18)25-22-11-4-5-12-24(22)35-27(25)30-17-21-13-14-23(34-21)19-9-6-10-20(15-19)28(32)33/h1-3,6-10,13-15,17H,4-5,11-12,16H2,(H,29,31)(H,32,33). The summed E-state index contributed by atoms with van der Waals surface area (Å²) in [5.41, 5.74) is 3.70. The summed E-state index contributed by atoms with van der Waals surface area (Å²) in [6, 6.07) is 20.0. The van der Waals surface area contributed by atoms with Gasteiger partial charge in [-0.05, 0) is 61.1 Å². The highest BCUT2D eigenvalue weighted by Gasteiger charge is 2.25. The van der Waals surface area contributed by atoms with E-state index >= 15 is 0 Å². The molecule has 0 spiro atoms. The number of aromatic carboxylic acids is 1. The Kier molecular flexibility index (Phi) is 6.59. The number of carbonyl (C=O) groups excluding carboxylic acids is 1. The number of aliphatic imine (C=N–C) groups is 1. The second-order valence-electron chi connectivity index (χ2n) is 8.41. The van der Waals surface area contributed by atoms with Crippen molar-refractivity contribution >= 4 is 34.4 Å². The molecule has 1 amide bonds. The van der Waals surface area contributed by atoms with E-state index in [-0.39, 0.29) is 11.5 Å². The first-order chi connectivity index (χ1) is 17.1. The zero-order chi connectivity index (χ0) is 24.2. The minimum Gasteiger partial charge on any atom is -0.478 e. The molecule has 7 heteroatoms. The third-order valence-corrected chi connectivity index (χ3v) is 7.21. The molecule has 0 atom stereocenters. The second-order valence-corrected chi connectivity index (χ2v) is 9.49. The lowest BCUT2D eigenvalue weighted by Gasteiger charge is -2.12. The molecule has 0 radical (unpaired) electrons. The van der Waals surface area contributed by atoms with Crippen LogP contribution >= 0.6 is 11.3 Å². The van der Waals surface area contributed by atoms with Crippen LogP contribution in [0.1, 0.15) is 55.3 Å². The van der Waals surface area contributed by atoms with Gasteiger partial charge in [-0.3, -0.25) is 4.79 Å². The number of rotatable bonds is 7. The topological polar surface area (TPSA) is 91.9 Å². The Morgan fingerprint density at radius 3 is 2.69 bits per heavy atom. The number of fused-ring (bicyclic) bond motifs is 1. The molecule has 176 valence electrons. The van der Waals surface area contributed by atoms with Crippen LogP contribution in [-0.2, 0) is 19.4 Å². The average Bonchev–Trinajstić information content (AvgIpc) is 3.51. The van der Waals surface area contributed by atoms with Crippen molar-refractivity contribution in [3.05, 3.63) is 99.6 Å². The van der Waals surface area contributed by atoms with E-state index in [0.717, 1.165) is 36.8 Å². The van der Waals surface area contributed by atoms with Crippen molar-refractivity contribution in [3.63, 3.8) is 0 Å². The summed E-state index contributed by atoms with van der Waals surface area (Å²) in [7, 11) is 0. The number of thiophene rings is 1. The summed E-state index contributed by atoms with van der Waals surface area (Å²) >= 11 is 1.57. The highest BCUT2D eigenvalue weighted by Crippen LogP contribution is 2.40. The summed E-state index contributed by atoms with van der Waals surface area (Å²) in [5, 5.41) is 13.0. The van der Waals surface area contributed by atoms with E-state index in [0.29, 0.717) is 34.2 Å². The van der Waals surface area contributed by atoms with E-state index in [4.69, 9.17) is 4.42 Å². The average molecular weight is 485 g/mol. The molecule has 2 aromatic heterocycles. The fraction of sp³-hybridized carbons (Fsp3) is 0.179. The lowest BCUT2D eigenvalue weighted by molar-refractivity contribution is 0.0696. The van der Waals surface area contributed by atoms with Crippen molar-refractivity contribution in [1.29, 1.82) is 0 Å². The molecule has 2 aromatic carbocycles. The molecule has 2 heterocycles.